The van der Waals surface area contributed by atoms with Crippen LogP contribution in [0, 0.1) is 0 Å². The van der Waals surface area contributed by atoms with Gasteiger partial charge in [-0.05, 0) is 164 Å². The molecule has 0 amide bonds. The number of hydrogen-bond donors (Lipinski definition) is 0. The normalized spacial score (nSPS) is 11.3. The Morgan fingerprint density at radius 2 is 0.284 bits per heavy atom. The van der Waals surface area contributed by atoms with Crippen LogP contribution in [0.15, 0.2) is 485 Å². The van der Waals surface area contributed by atoms with Gasteiger partial charge in [0.05, 0.1) is 45.6 Å². The number of aromatic nitrogens is 8. The van der Waals surface area contributed by atoms with Crippen molar-refractivity contribution in [2.45, 2.75) is 0 Å². The molecule has 24 aromatic rings. The predicted octanol–water partition coefficient (Wildman–Crippen LogP) is 33.3. The van der Waals surface area contributed by atoms with Gasteiger partial charge in [-0.15, -0.1) is 22.7 Å². The van der Waals surface area contributed by atoms with E-state index in [1.54, 1.807) is 0 Å². The molecule has 0 saturated heterocycles. The number of benzene rings is 18. The third-order valence-electron chi connectivity index (χ3n) is 24.7. The summed E-state index contributed by atoms with van der Waals surface area (Å²) >= 11 is 3.65. The number of hydrogen-bond acceptors (Lipinski definition) is 10. The lowest BCUT2D eigenvalue weighted by Crippen LogP contribution is -1.99. The van der Waals surface area contributed by atoms with Crippen LogP contribution in [0.3, 0.4) is 0 Å². The van der Waals surface area contributed by atoms with Gasteiger partial charge in [-0.1, -0.05) is 388 Å². The van der Waals surface area contributed by atoms with E-state index in [0.29, 0.717) is 23.3 Å². The average molecular weight is 1750 g/mol. The second-order valence-electron chi connectivity index (χ2n) is 33.3. The molecule has 6 heterocycles. The first-order valence-corrected chi connectivity index (χ1v) is 46.5. The summed E-state index contributed by atoms with van der Waals surface area (Å²) in [5.74, 6) is 2.55. The molecule has 0 unspecified atom stereocenters. The highest BCUT2D eigenvalue weighted by molar-refractivity contribution is 7.26. The van der Waals surface area contributed by atoms with Crippen LogP contribution in [0.5, 0.6) is 0 Å². The van der Waals surface area contributed by atoms with E-state index in [-0.39, 0.29) is 0 Å². The minimum Gasteiger partial charge on any atom is -0.228 e. The summed E-state index contributed by atoms with van der Waals surface area (Å²) < 4.78 is 5.07. The Kier molecular flexibility index (Phi) is 22.0. The van der Waals surface area contributed by atoms with Gasteiger partial charge in [0.1, 0.15) is 0 Å². The molecule has 0 aliphatic heterocycles. The summed E-state index contributed by atoms with van der Waals surface area (Å²) in [6.07, 6.45) is 0. The molecule has 0 radical (unpaired) electrons. The lowest BCUT2D eigenvalue weighted by atomic mass is 9.94. The first-order chi connectivity index (χ1) is 66.3. The smallest absolute Gasteiger partial charge is 0.160 e. The molecule has 0 bridgehead atoms. The molecule has 24 rings (SSSR count). The zero-order valence-electron chi connectivity index (χ0n) is 72.6. The second-order valence-corrected chi connectivity index (χ2v) is 35.5. The average Bonchev–Trinajstić information content (AvgIpc) is 1.45. The molecule has 18 aromatic carbocycles. The van der Waals surface area contributed by atoms with Crippen LogP contribution in [0.2, 0.25) is 0 Å². The van der Waals surface area contributed by atoms with Crippen molar-refractivity contribution in [1.82, 2.24) is 39.9 Å². The highest BCUT2D eigenvalue weighted by Gasteiger charge is 2.23. The molecule has 0 N–H and O–H groups in total. The zero-order chi connectivity index (χ0) is 89.0. The first kappa shape index (κ1) is 81.2. The van der Waals surface area contributed by atoms with Crippen molar-refractivity contribution in [2.24, 2.45) is 0 Å². The molecule has 0 aliphatic carbocycles. The van der Waals surface area contributed by atoms with Gasteiger partial charge in [-0.25, -0.2) is 39.9 Å². The van der Waals surface area contributed by atoms with Gasteiger partial charge in [0.25, 0.3) is 0 Å². The summed E-state index contributed by atoms with van der Waals surface area (Å²) in [6.45, 7) is 0. The van der Waals surface area contributed by atoms with E-state index < -0.39 is 0 Å². The largest absolute Gasteiger partial charge is 0.228 e. The van der Waals surface area contributed by atoms with Gasteiger partial charge in [0.2, 0.25) is 0 Å². The van der Waals surface area contributed by atoms with Crippen LogP contribution in [0.4, 0.5) is 0 Å². The Morgan fingerprint density at radius 1 is 0.104 bits per heavy atom. The maximum Gasteiger partial charge on any atom is 0.160 e. The summed E-state index contributed by atoms with van der Waals surface area (Å²) in [7, 11) is 0. The minimum absolute atomic E-state index is 0.615. The van der Waals surface area contributed by atoms with Crippen LogP contribution in [0.25, 0.3) is 243 Å². The Labute approximate surface area is 784 Å². The van der Waals surface area contributed by atoms with Crippen molar-refractivity contribution < 1.29 is 0 Å². The van der Waals surface area contributed by atoms with Gasteiger partial charge in [0, 0.05) is 107 Å². The van der Waals surface area contributed by atoms with Crippen molar-refractivity contribution in [3.63, 3.8) is 0 Å². The van der Waals surface area contributed by atoms with Crippen molar-refractivity contribution in [1.29, 1.82) is 0 Å². The minimum atomic E-state index is 0.615. The van der Waals surface area contributed by atoms with E-state index in [1.807, 2.05) is 95.5 Å². The van der Waals surface area contributed by atoms with Crippen molar-refractivity contribution >= 4 is 63.0 Å². The first-order valence-electron chi connectivity index (χ1n) is 44.9. The lowest BCUT2D eigenvalue weighted by molar-refractivity contribution is 1.17. The molecule has 10 heteroatoms. The fourth-order valence-electron chi connectivity index (χ4n) is 17.7. The second kappa shape index (κ2) is 36.3. The van der Waals surface area contributed by atoms with Gasteiger partial charge >= 0.3 is 0 Å². The number of nitrogens with zero attached hydrogens (tertiary/aromatic N) is 8. The molecule has 0 atom stereocenters. The van der Waals surface area contributed by atoms with E-state index in [0.717, 1.165) is 157 Å². The van der Waals surface area contributed by atoms with Crippen LogP contribution in [-0.2, 0) is 0 Å². The summed E-state index contributed by atoms with van der Waals surface area (Å²) in [6, 6.07) is 170. The standard InChI is InChI=1S/2C62H40N4S/c1-5-15-41(16-6-1)43-25-29-45(30-26-43)55-39-57(65-61(63-55)47-19-9-3-10-20-47)51-35-50(49-33-34-60-54(38-49)53-23-13-14-24-59(53)67-60)36-52(37-51)58-40-56(64-62(66-58)48-21-11-4-12-22-48)46-31-27-44(28-32-46)42-17-7-2-8-18-42;1-5-15-41(16-6-1)43-25-29-47(30-26-43)57-39-55(45-19-9-3-10-20-45)63-61(65-57)51-35-50(49-33-34-60-54(38-49)53-23-13-14-24-59(53)67-60)36-52(37-51)62-64-56(46-21-11-4-12-22-46)40-58(66-62)48-31-27-44(28-32-48)42-17-7-2-8-18-42/h2*1-40H. The summed E-state index contributed by atoms with van der Waals surface area (Å²) in [5, 5.41) is 4.99. The predicted molar refractivity (Wildman–Crippen MR) is 559 cm³/mol. The Hall–Kier alpha value is -17.3. The highest BCUT2D eigenvalue weighted by Crippen LogP contribution is 2.45. The summed E-state index contributed by atoms with van der Waals surface area (Å²) in [5.41, 5.74) is 31.9. The van der Waals surface area contributed by atoms with Crippen LogP contribution >= 0.6 is 22.7 Å². The maximum atomic E-state index is 5.37. The molecule has 134 heavy (non-hydrogen) atoms. The van der Waals surface area contributed by atoms with Gasteiger partial charge < -0.3 is 0 Å². The molecule has 8 nitrogen and oxygen atoms in total. The molecule has 0 aliphatic rings. The molecule has 0 fully saturated rings. The van der Waals surface area contributed by atoms with Crippen molar-refractivity contribution in [3.05, 3.63) is 485 Å². The molecular formula is C124H80N8S2. The van der Waals surface area contributed by atoms with Crippen LogP contribution < -0.4 is 0 Å². The fraction of sp³-hybridized carbons (Fsp3) is 0. The maximum absolute atomic E-state index is 5.37. The quantitative estimate of drug-likeness (QED) is 0.0837. The number of rotatable bonds is 18. The van der Waals surface area contributed by atoms with E-state index in [1.165, 1.54) is 62.6 Å². The summed E-state index contributed by atoms with van der Waals surface area (Å²) in [4.78, 5) is 42.5. The molecule has 0 spiro atoms. The van der Waals surface area contributed by atoms with Gasteiger partial charge in [-0.2, -0.15) is 0 Å². The molecule has 0 saturated carbocycles. The Bertz CT molecular complexity index is 7530. The van der Waals surface area contributed by atoms with E-state index in [4.69, 9.17) is 39.9 Å². The molecule has 628 valence electrons. The Balaban J connectivity index is 0.000000151. The van der Waals surface area contributed by atoms with E-state index in [2.05, 4.69) is 413 Å². The number of thiophene rings is 2. The fourth-order valence-corrected chi connectivity index (χ4v) is 19.9. The van der Waals surface area contributed by atoms with Crippen molar-refractivity contribution in [3.8, 4) is 202 Å². The van der Waals surface area contributed by atoms with Crippen LogP contribution in [-0.4, -0.2) is 39.9 Å². The van der Waals surface area contributed by atoms with E-state index >= 15 is 0 Å². The van der Waals surface area contributed by atoms with E-state index in [9.17, 15) is 0 Å². The Morgan fingerprint density at radius 3 is 0.567 bits per heavy atom. The topological polar surface area (TPSA) is 103 Å². The number of fused-ring (bicyclic) bond motifs is 6. The highest BCUT2D eigenvalue weighted by atomic mass is 32.1. The van der Waals surface area contributed by atoms with Gasteiger partial charge in [-0.3, -0.25) is 0 Å². The molecule has 6 aromatic heterocycles. The SMILES string of the molecule is c1ccc(-c2ccc(-c3cc(-c4cc(-c5ccc6sc7ccccc7c6c5)cc(-c5cc(-c6ccc(-c7ccccc7)cc6)nc(-c6ccccc6)n5)c4)nc(-c4ccccc4)n3)cc2)cc1.c1ccc(-c2ccc(-c3cc(-c4ccccc4)nc(-c4cc(-c5ccc6sc7ccccc7c6c5)cc(-c5nc(-c6ccccc6)cc(-c6ccc(-c7ccccc7)cc6)n5)c4)n3)cc2)cc1. The van der Waals surface area contributed by atoms with Crippen LogP contribution in [0.1, 0.15) is 0 Å². The monoisotopic (exact) mass is 1740 g/mol. The lowest BCUT2D eigenvalue weighted by Gasteiger charge is -2.14. The third kappa shape index (κ3) is 17.1. The third-order valence-corrected chi connectivity index (χ3v) is 27.0. The van der Waals surface area contributed by atoms with Gasteiger partial charge in [0.15, 0.2) is 23.3 Å². The van der Waals surface area contributed by atoms with Crippen molar-refractivity contribution in [2.75, 3.05) is 0 Å². The zero-order valence-corrected chi connectivity index (χ0v) is 74.2. The molecular weight excluding hydrogens is 1670 g/mol.